The summed E-state index contributed by atoms with van der Waals surface area (Å²) in [5.41, 5.74) is 5.88. The lowest BCUT2D eigenvalue weighted by atomic mass is 10.1. The zero-order chi connectivity index (χ0) is 13.3. The van der Waals surface area contributed by atoms with Crippen molar-refractivity contribution in [2.45, 2.75) is 76.4 Å². The van der Waals surface area contributed by atoms with Crippen LogP contribution in [-0.2, 0) is 4.74 Å². The third kappa shape index (κ3) is 7.11. The summed E-state index contributed by atoms with van der Waals surface area (Å²) in [7, 11) is 0. The van der Waals surface area contributed by atoms with Crippen molar-refractivity contribution in [3.05, 3.63) is 0 Å². The molecule has 0 aliphatic heterocycles. The fraction of sp³-hybridized carbons (Fsp3) is 0.933. The average molecular weight is 395 g/mol. The van der Waals surface area contributed by atoms with Crippen LogP contribution in [0.4, 0.5) is 0 Å². The van der Waals surface area contributed by atoms with Gasteiger partial charge in [-0.25, -0.2) is 0 Å². The van der Waals surface area contributed by atoms with Crippen LogP contribution in [0.25, 0.3) is 0 Å². The van der Waals surface area contributed by atoms with Gasteiger partial charge in [0.25, 0.3) is 0 Å². The third-order valence-electron chi connectivity index (χ3n) is 4.24. The quantitative estimate of drug-likeness (QED) is 0.247. The van der Waals surface area contributed by atoms with Crippen molar-refractivity contribution in [3.8, 4) is 0 Å². The first-order chi connectivity index (χ1) is 9.34. The number of hydrogen-bond donors (Lipinski definition) is 2. The number of nitrogens with one attached hydrogen (secondary N) is 1. The van der Waals surface area contributed by atoms with Crippen molar-refractivity contribution in [2.75, 3.05) is 13.2 Å². The summed E-state index contributed by atoms with van der Waals surface area (Å²) in [6, 6.07) is 0.548. The Morgan fingerprint density at radius 1 is 1.00 bits per heavy atom. The van der Waals surface area contributed by atoms with Crippen molar-refractivity contribution in [1.29, 1.82) is 0 Å². The van der Waals surface area contributed by atoms with E-state index in [4.69, 9.17) is 10.5 Å². The lowest BCUT2D eigenvalue weighted by Gasteiger charge is -2.15. The number of guanidine groups is 1. The molecule has 0 spiro atoms. The Morgan fingerprint density at radius 2 is 1.60 bits per heavy atom. The zero-order valence-corrected chi connectivity index (χ0v) is 14.8. The van der Waals surface area contributed by atoms with Crippen LogP contribution >= 0.6 is 24.0 Å². The summed E-state index contributed by atoms with van der Waals surface area (Å²) in [5.74, 6) is 0.594. The Labute approximate surface area is 140 Å². The van der Waals surface area contributed by atoms with E-state index < -0.39 is 0 Å². The summed E-state index contributed by atoms with van der Waals surface area (Å²) in [6.45, 7) is 1.39. The lowest BCUT2D eigenvalue weighted by Crippen LogP contribution is -2.38. The van der Waals surface area contributed by atoms with Crippen molar-refractivity contribution in [3.63, 3.8) is 0 Å². The Balaban J connectivity index is 0.00000200. The molecule has 20 heavy (non-hydrogen) atoms. The molecule has 0 bridgehead atoms. The molecule has 4 nitrogen and oxygen atoms in total. The van der Waals surface area contributed by atoms with Gasteiger partial charge in [0.1, 0.15) is 0 Å². The van der Waals surface area contributed by atoms with Crippen molar-refractivity contribution in [2.24, 2.45) is 10.7 Å². The number of rotatable bonds is 5. The molecule has 2 fully saturated rings. The molecule has 5 heteroatoms. The number of ether oxygens (including phenoxy) is 1. The summed E-state index contributed by atoms with van der Waals surface area (Å²) in [4.78, 5) is 4.35. The number of halogens is 1. The average Bonchev–Trinajstić information content (AvgIpc) is 2.76. The van der Waals surface area contributed by atoms with Gasteiger partial charge in [-0.05, 0) is 25.7 Å². The van der Waals surface area contributed by atoms with Gasteiger partial charge in [0.2, 0.25) is 0 Å². The van der Waals surface area contributed by atoms with Crippen LogP contribution in [0.5, 0.6) is 0 Å². The van der Waals surface area contributed by atoms with Crippen molar-refractivity contribution >= 4 is 29.9 Å². The molecule has 0 saturated heterocycles. The van der Waals surface area contributed by atoms with Crippen molar-refractivity contribution < 1.29 is 4.74 Å². The number of nitrogens with zero attached hydrogens (tertiary/aromatic N) is 1. The van der Waals surface area contributed by atoms with E-state index >= 15 is 0 Å². The van der Waals surface area contributed by atoms with E-state index in [-0.39, 0.29) is 24.0 Å². The molecular formula is C15H30IN3O. The summed E-state index contributed by atoms with van der Waals surface area (Å²) in [6.07, 6.45) is 13.4. The molecule has 0 aromatic carbocycles. The maximum atomic E-state index is 5.89. The molecule has 2 aliphatic rings. The zero-order valence-electron chi connectivity index (χ0n) is 12.5. The number of hydrogen-bond acceptors (Lipinski definition) is 2. The smallest absolute Gasteiger partial charge is 0.188 e. The standard InChI is InChI=1S/C15H29N3O.HI/c16-15(18-13-7-5-6-8-13)17-11-12-19-14-9-3-1-2-4-10-14;/h13-14H,1-12H2,(H3,16,17,18);1H. The van der Waals surface area contributed by atoms with Gasteiger partial charge in [0.15, 0.2) is 5.96 Å². The SMILES string of the molecule is I.NC(=NCCOC1CCCCCC1)NC1CCCC1. The van der Waals surface area contributed by atoms with Crippen LogP contribution in [-0.4, -0.2) is 31.3 Å². The summed E-state index contributed by atoms with van der Waals surface area (Å²) in [5, 5.41) is 3.30. The van der Waals surface area contributed by atoms with Gasteiger partial charge in [-0.15, -0.1) is 24.0 Å². The van der Waals surface area contributed by atoms with Crippen molar-refractivity contribution in [1.82, 2.24) is 5.32 Å². The summed E-state index contributed by atoms with van der Waals surface area (Å²) >= 11 is 0. The first-order valence-corrected chi connectivity index (χ1v) is 8.02. The first-order valence-electron chi connectivity index (χ1n) is 8.02. The van der Waals surface area contributed by atoms with Crippen LogP contribution in [0.15, 0.2) is 4.99 Å². The van der Waals surface area contributed by atoms with Crippen LogP contribution in [0.2, 0.25) is 0 Å². The van der Waals surface area contributed by atoms with E-state index in [0.717, 1.165) is 0 Å². The first kappa shape index (κ1) is 18.0. The molecule has 0 aromatic heterocycles. The maximum absolute atomic E-state index is 5.89. The molecule has 0 radical (unpaired) electrons. The molecule has 2 saturated carbocycles. The number of nitrogens with two attached hydrogens (primary N) is 1. The van der Waals surface area contributed by atoms with Gasteiger partial charge < -0.3 is 15.8 Å². The van der Waals surface area contributed by atoms with Crippen LogP contribution in [0.1, 0.15) is 64.2 Å². The largest absolute Gasteiger partial charge is 0.376 e. The molecule has 0 heterocycles. The minimum Gasteiger partial charge on any atom is -0.376 e. The van der Waals surface area contributed by atoms with Crippen LogP contribution < -0.4 is 11.1 Å². The second kappa shape index (κ2) is 10.7. The Kier molecular flexibility index (Phi) is 9.59. The second-order valence-electron chi connectivity index (χ2n) is 5.88. The molecule has 0 aromatic rings. The van der Waals surface area contributed by atoms with E-state index in [1.54, 1.807) is 0 Å². The molecular weight excluding hydrogens is 365 g/mol. The van der Waals surface area contributed by atoms with Gasteiger partial charge in [-0.2, -0.15) is 0 Å². The molecule has 2 aliphatic carbocycles. The molecule has 0 unspecified atom stereocenters. The van der Waals surface area contributed by atoms with E-state index in [1.807, 2.05) is 0 Å². The third-order valence-corrected chi connectivity index (χ3v) is 4.24. The highest BCUT2D eigenvalue weighted by Crippen LogP contribution is 2.19. The topological polar surface area (TPSA) is 59.6 Å². The predicted octanol–water partition coefficient (Wildman–Crippen LogP) is 3.19. The highest BCUT2D eigenvalue weighted by molar-refractivity contribution is 14.0. The summed E-state index contributed by atoms with van der Waals surface area (Å²) < 4.78 is 5.89. The fourth-order valence-corrected chi connectivity index (χ4v) is 3.12. The van der Waals surface area contributed by atoms with E-state index in [2.05, 4.69) is 10.3 Å². The van der Waals surface area contributed by atoms with Crippen LogP contribution in [0.3, 0.4) is 0 Å². The van der Waals surface area contributed by atoms with E-state index in [0.29, 0.717) is 31.3 Å². The normalized spacial score (nSPS) is 22.3. The highest BCUT2D eigenvalue weighted by Gasteiger charge is 2.15. The monoisotopic (exact) mass is 395 g/mol. The predicted molar refractivity (Wildman–Crippen MR) is 94.7 cm³/mol. The molecule has 0 atom stereocenters. The number of aliphatic imine (C=N–C) groups is 1. The fourth-order valence-electron chi connectivity index (χ4n) is 3.12. The molecule has 118 valence electrons. The van der Waals surface area contributed by atoms with Gasteiger partial charge in [0, 0.05) is 6.04 Å². The Hall–Kier alpha value is -0.0400. The highest BCUT2D eigenvalue weighted by atomic mass is 127. The lowest BCUT2D eigenvalue weighted by molar-refractivity contribution is 0.0487. The van der Waals surface area contributed by atoms with E-state index in [1.165, 1.54) is 64.2 Å². The second-order valence-corrected chi connectivity index (χ2v) is 5.88. The van der Waals surface area contributed by atoms with Gasteiger partial charge in [-0.1, -0.05) is 38.5 Å². The minimum absolute atomic E-state index is 0. The van der Waals surface area contributed by atoms with Gasteiger partial charge in [-0.3, -0.25) is 4.99 Å². The minimum atomic E-state index is 0. The maximum Gasteiger partial charge on any atom is 0.188 e. The molecule has 2 rings (SSSR count). The van der Waals surface area contributed by atoms with E-state index in [9.17, 15) is 0 Å². The molecule has 0 amide bonds. The Morgan fingerprint density at radius 3 is 2.25 bits per heavy atom. The van der Waals surface area contributed by atoms with Gasteiger partial charge in [0.05, 0.1) is 19.3 Å². The van der Waals surface area contributed by atoms with Crippen LogP contribution in [0, 0.1) is 0 Å². The van der Waals surface area contributed by atoms with Gasteiger partial charge >= 0.3 is 0 Å². The molecule has 3 N–H and O–H groups in total. The Bertz CT molecular complexity index is 272.